The molecular formula is C29H27F3N2O4. The first-order chi connectivity index (χ1) is 17.9. The fourth-order valence-electron chi connectivity index (χ4n) is 4.50. The van der Waals surface area contributed by atoms with Gasteiger partial charge in [0, 0.05) is 30.9 Å². The van der Waals surface area contributed by atoms with Crippen LogP contribution in [0.4, 0.5) is 13.2 Å². The zero-order chi connectivity index (χ0) is 27.6. The number of hydrogen-bond donors (Lipinski definition) is 2. The average Bonchev–Trinajstić information content (AvgIpc) is 3.11. The number of aromatic nitrogens is 1. The number of benzene rings is 3. The van der Waals surface area contributed by atoms with Crippen molar-refractivity contribution in [3.63, 3.8) is 0 Å². The van der Waals surface area contributed by atoms with Crippen molar-refractivity contribution >= 4 is 22.8 Å². The van der Waals surface area contributed by atoms with Crippen LogP contribution in [0.5, 0.6) is 11.5 Å². The number of fused-ring (bicyclic) bond motifs is 1. The average molecular weight is 525 g/mol. The SMILES string of the molecule is Cc1cc(Oc2cccc(CNC(=O)c3c(C)c4cc(C(F)(F)F)ccc4n3C)c2)ccc1CCC(=O)O. The van der Waals surface area contributed by atoms with Crippen LogP contribution in [0.1, 0.15) is 44.7 Å². The molecule has 198 valence electrons. The van der Waals surface area contributed by atoms with Gasteiger partial charge in [-0.15, -0.1) is 0 Å². The second-order valence-electron chi connectivity index (χ2n) is 9.18. The summed E-state index contributed by atoms with van der Waals surface area (Å²) >= 11 is 0. The molecule has 0 atom stereocenters. The van der Waals surface area contributed by atoms with Crippen molar-refractivity contribution in [1.82, 2.24) is 9.88 Å². The minimum atomic E-state index is -4.47. The maximum Gasteiger partial charge on any atom is 0.416 e. The van der Waals surface area contributed by atoms with E-state index in [2.05, 4.69) is 5.32 Å². The van der Waals surface area contributed by atoms with Crippen LogP contribution in [0, 0.1) is 13.8 Å². The molecular weight excluding hydrogens is 497 g/mol. The Balaban J connectivity index is 1.46. The Labute approximate surface area is 217 Å². The van der Waals surface area contributed by atoms with Crippen LogP contribution in [0.2, 0.25) is 0 Å². The fraction of sp³-hybridized carbons (Fsp3) is 0.241. The van der Waals surface area contributed by atoms with Gasteiger partial charge in [0.15, 0.2) is 0 Å². The molecule has 0 spiro atoms. The Bertz CT molecular complexity index is 1520. The van der Waals surface area contributed by atoms with Crippen LogP contribution in [0.25, 0.3) is 10.9 Å². The van der Waals surface area contributed by atoms with E-state index in [-0.39, 0.29) is 13.0 Å². The molecule has 0 saturated heterocycles. The van der Waals surface area contributed by atoms with Crippen molar-refractivity contribution in [2.75, 3.05) is 0 Å². The molecule has 1 heterocycles. The van der Waals surface area contributed by atoms with E-state index in [1.54, 1.807) is 42.8 Å². The van der Waals surface area contributed by atoms with E-state index in [0.717, 1.165) is 28.8 Å². The Morgan fingerprint density at radius 1 is 1.00 bits per heavy atom. The van der Waals surface area contributed by atoms with Crippen LogP contribution in [-0.2, 0) is 31.0 Å². The highest BCUT2D eigenvalue weighted by Crippen LogP contribution is 2.34. The molecule has 0 saturated carbocycles. The number of nitrogens with one attached hydrogen (secondary N) is 1. The number of carboxylic acid groups (broad SMARTS) is 1. The monoisotopic (exact) mass is 524 g/mol. The van der Waals surface area contributed by atoms with Gasteiger partial charge in [0.05, 0.1) is 5.56 Å². The van der Waals surface area contributed by atoms with Crippen molar-refractivity contribution < 1.29 is 32.6 Å². The molecule has 0 aliphatic heterocycles. The first kappa shape index (κ1) is 26.8. The fourth-order valence-corrected chi connectivity index (χ4v) is 4.50. The summed E-state index contributed by atoms with van der Waals surface area (Å²) in [4.78, 5) is 23.9. The molecule has 2 N–H and O–H groups in total. The van der Waals surface area contributed by atoms with Crippen molar-refractivity contribution in [3.8, 4) is 11.5 Å². The van der Waals surface area contributed by atoms with Crippen LogP contribution in [0.15, 0.2) is 60.7 Å². The highest BCUT2D eigenvalue weighted by atomic mass is 19.4. The van der Waals surface area contributed by atoms with Crippen LogP contribution < -0.4 is 10.1 Å². The maximum atomic E-state index is 13.2. The molecule has 0 unspecified atom stereocenters. The quantitative estimate of drug-likeness (QED) is 0.274. The van der Waals surface area contributed by atoms with Gasteiger partial charge in [-0.2, -0.15) is 13.2 Å². The second kappa shape index (κ2) is 10.6. The molecule has 4 rings (SSSR count). The molecule has 9 heteroatoms. The molecule has 1 amide bonds. The predicted molar refractivity (Wildman–Crippen MR) is 137 cm³/mol. The Kier molecular flexibility index (Phi) is 7.48. The molecule has 0 radical (unpaired) electrons. The summed E-state index contributed by atoms with van der Waals surface area (Å²) in [5, 5.41) is 12.1. The smallest absolute Gasteiger partial charge is 0.416 e. The zero-order valence-corrected chi connectivity index (χ0v) is 21.1. The van der Waals surface area contributed by atoms with Gasteiger partial charge in [-0.3, -0.25) is 9.59 Å². The van der Waals surface area contributed by atoms with Crippen molar-refractivity contribution in [3.05, 3.63) is 94.2 Å². The number of rotatable bonds is 8. The standard InChI is InChI=1S/C29H27F3N2O4/c1-17-13-23(10-7-20(17)8-12-26(35)36)38-22-6-4-5-19(14-22)16-33-28(37)27-18(2)24-15-21(29(30,31)32)9-11-25(24)34(27)3/h4-7,9-11,13-15H,8,12,16H2,1-3H3,(H,33,37)(H,35,36). The third-order valence-electron chi connectivity index (χ3n) is 6.50. The minimum absolute atomic E-state index is 0.0573. The lowest BCUT2D eigenvalue weighted by atomic mass is 10.0. The van der Waals surface area contributed by atoms with Gasteiger partial charge >= 0.3 is 12.1 Å². The third-order valence-corrected chi connectivity index (χ3v) is 6.50. The summed E-state index contributed by atoms with van der Waals surface area (Å²) < 4.78 is 47.1. The van der Waals surface area contributed by atoms with E-state index in [0.29, 0.717) is 40.1 Å². The van der Waals surface area contributed by atoms with Crippen LogP contribution in [0.3, 0.4) is 0 Å². The zero-order valence-electron chi connectivity index (χ0n) is 21.1. The molecule has 0 bridgehead atoms. The van der Waals surface area contributed by atoms with Crippen LogP contribution >= 0.6 is 0 Å². The Morgan fingerprint density at radius 2 is 1.74 bits per heavy atom. The number of nitrogens with zero attached hydrogens (tertiary/aromatic N) is 1. The van der Waals surface area contributed by atoms with Gasteiger partial charge in [0.2, 0.25) is 0 Å². The molecule has 0 aliphatic rings. The molecule has 0 aliphatic carbocycles. The first-order valence-corrected chi connectivity index (χ1v) is 12.0. The van der Waals surface area contributed by atoms with Gasteiger partial charge < -0.3 is 19.7 Å². The topological polar surface area (TPSA) is 80.6 Å². The summed E-state index contributed by atoms with van der Waals surface area (Å²) in [6.07, 6.45) is -3.97. The van der Waals surface area contributed by atoms with E-state index in [9.17, 15) is 22.8 Å². The second-order valence-corrected chi connectivity index (χ2v) is 9.18. The number of aryl methyl sites for hydroxylation is 4. The third kappa shape index (κ3) is 5.82. The van der Waals surface area contributed by atoms with Gasteiger partial charge in [0.1, 0.15) is 17.2 Å². The van der Waals surface area contributed by atoms with E-state index < -0.39 is 23.6 Å². The van der Waals surface area contributed by atoms with E-state index in [1.165, 1.54) is 6.07 Å². The number of carbonyl (C=O) groups excluding carboxylic acids is 1. The van der Waals surface area contributed by atoms with Crippen molar-refractivity contribution in [2.45, 2.75) is 39.4 Å². The summed E-state index contributed by atoms with van der Waals surface area (Å²) in [6, 6.07) is 16.1. The van der Waals surface area contributed by atoms with Gasteiger partial charge in [-0.1, -0.05) is 18.2 Å². The van der Waals surface area contributed by atoms with Crippen LogP contribution in [-0.4, -0.2) is 21.6 Å². The number of hydrogen-bond acceptors (Lipinski definition) is 3. The number of carboxylic acids is 1. The lowest BCUT2D eigenvalue weighted by molar-refractivity contribution is -0.138. The van der Waals surface area contributed by atoms with Crippen molar-refractivity contribution in [2.24, 2.45) is 7.05 Å². The molecule has 4 aromatic rings. The summed E-state index contributed by atoms with van der Waals surface area (Å²) in [5.41, 5.74) is 3.21. The number of alkyl halides is 3. The first-order valence-electron chi connectivity index (χ1n) is 12.0. The largest absolute Gasteiger partial charge is 0.481 e. The number of aliphatic carboxylic acids is 1. The number of amides is 1. The summed E-state index contributed by atoms with van der Waals surface area (Å²) in [5.74, 6) is -0.0737. The van der Waals surface area contributed by atoms with E-state index in [4.69, 9.17) is 9.84 Å². The van der Waals surface area contributed by atoms with Crippen molar-refractivity contribution in [1.29, 1.82) is 0 Å². The lowest BCUT2D eigenvalue weighted by Crippen LogP contribution is -2.25. The number of carbonyl (C=O) groups is 2. The normalized spacial score (nSPS) is 11.5. The minimum Gasteiger partial charge on any atom is -0.481 e. The number of ether oxygens (including phenoxy) is 1. The molecule has 3 aromatic carbocycles. The highest BCUT2D eigenvalue weighted by molar-refractivity contribution is 6.01. The predicted octanol–water partition coefficient (Wildman–Crippen LogP) is 6.55. The van der Waals surface area contributed by atoms with E-state index in [1.807, 2.05) is 25.1 Å². The van der Waals surface area contributed by atoms with E-state index >= 15 is 0 Å². The summed E-state index contributed by atoms with van der Waals surface area (Å²) in [6.45, 7) is 3.73. The molecule has 38 heavy (non-hydrogen) atoms. The maximum absolute atomic E-state index is 13.2. The van der Waals surface area contributed by atoms with Gasteiger partial charge in [0.25, 0.3) is 5.91 Å². The number of halogens is 3. The Hall–Kier alpha value is -4.27. The lowest BCUT2D eigenvalue weighted by Gasteiger charge is -2.11. The van der Waals surface area contributed by atoms with Gasteiger partial charge in [-0.25, -0.2) is 0 Å². The molecule has 0 fully saturated rings. The molecule has 1 aromatic heterocycles. The van der Waals surface area contributed by atoms with Gasteiger partial charge in [-0.05, 0) is 85.0 Å². The Morgan fingerprint density at radius 3 is 2.42 bits per heavy atom. The molecule has 6 nitrogen and oxygen atoms in total. The summed E-state index contributed by atoms with van der Waals surface area (Å²) in [7, 11) is 1.65. The highest BCUT2D eigenvalue weighted by Gasteiger charge is 2.31.